The van der Waals surface area contributed by atoms with E-state index in [1.807, 2.05) is 5.32 Å². The molecular weight excluding hydrogens is 341 g/mol. The van der Waals surface area contributed by atoms with Gasteiger partial charge >= 0.3 is 6.18 Å². The van der Waals surface area contributed by atoms with E-state index in [1.165, 1.54) is 31.4 Å². The maximum absolute atomic E-state index is 12.7. The SMILES string of the molecule is COc1ccc(C(=O)NC(=O)Cn2cccc(C(F)(F)F)c2=O)cc1. The largest absolute Gasteiger partial charge is 0.497 e. The van der Waals surface area contributed by atoms with Crippen molar-refractivity contribution in [2.75, 3.05) is 7.11 Å². The van der Waals surface area contributed by atoms with Gasteiger partial charge in [-0.05, 0) is 36.4 Å². The lowest BCUT2D eigenvalue weighted by atomic mass is 10.2. The number of rotatable bonds is 4. The molecule has 1 heterocycles. The molecule has 0 saturated heterocycles. The average molecular weight is 354 g/mol. The average Bonchev–Trinajstić information content (AvgIpc) is 2.55. The van der Waals surface area contributed by atoms with Gasteiger partial charge in [0, 0.05) is 11.8 Å². The number of halogens is 3. The Labute approximate surface area is 139 Å². The van der Waals surface area contributed by atoms with Crippen molar-refractivity contribution >= 4 is 11.8 Å². The number of imide groups is 1. The highest BCUT2D eigenvalue weighted by atomic mass is 19.4. The van der Waals surface area contributed by atoms with Crippen LogP contribution in [0, 0.1) is 0 Å². The summed E-state index contributed by atoms with van der Waals surface area (Å²) in [5, 5.41) is 2.01. The van der Waals surface area contributed by atoms with Crippen LogP contribution in [0.25, 0.3) is 0 Å². The molecule has 1 aromatic carbocycles. The van der Waals surface area contributed by atoms with E-state index in [0.29, 0.717) is 16.4 Å². The maximum Gasteiger partial charge on any atom is 0.421 e. The quantitative estimate of drug-likeness (QED) is 0.909. The highest BCUT2D eigenvalue weighted by molar-refractivity contribution is 6.04. The van der Waals surface area contributed by atoms with Crippen molar-refractivity contribution in [2.24, 2.45) is 0 Å². The number of nitrogens with one attached hydrogen (secondary N) is 1. The predicted molar refractivity (Wildman–Crippen MR) is 81.2 cm³/mol. The van der Waals surface area contributed by atoms with Gasteiger partial charge in [-0.25, -0.2) is 0 Å². The van der Waals surface area contributed by atoms with E-state index in [-0.39, 0.29) is 5.56 Å². The molecule has 0 unspecified atom stereocenters. The number of carbonyl (C=O) groups is 2. The van der Waals surface area contributed by atoms with Crippen LogP contribution >= 0.6 is 0 Å². The smallest absolute Gasteiger partial charge is 0.421 e. The third-order valence-corrected chi connectivity index (χ3v) is 3.24. The summed E-state index contributed by atoms with van der Waals surface area (Å²) < 4.78 is 43.6. The van der Waals surface area contributed by atoms with E-state index >= 15 is 0 Å². The summed E-state index contributed by atoms with van der Waals surface area (Å²) in [4.78, 5) is 35.5. The summed E-state index contributed by atoms with van der Waals surface area (Å²) >= 11 is 0. The number of benzene rings is 1. The van der Waals surface area contributed by atoms with Crippen LogP contribution in [0.2, 0.25) is 0 Å². The highest BCUT2D eigenvalue weighted by Gasteiger charge is 2.34. The molecule has 2 rings (SSSR count). The summed E-state index contributed by atoms with van der Waals surface area (Å²) in [6.45, 7) is -0.718. The molecule has 1 N–H and O–H groups in total. The molecule has 6 nitrogen and oxygen atoms in total. The number of aromatic nitrogens is 1. The van der Waals surface area contributed by atoms with Crippen LogP contribution in [-0.2, 0) is 17.5 Å². The molecule has 0 aliphatic heterocycles. The zero-order chi connectivity index (χ0) is 18.6. The van der Waals surface area contributed by atoms with E-state index in [0.717, 1.165) is 12.3 Å². The van der Waals surface area contributed by atoms with Gasteiger partial charge in [0.15, 0.2) is 0 Å². The van der Waals surface area contributed by atoms with Crippen LogP contribution in [0.15, 0.2) is 47.4 Å². The lowest BCUT2D eigenvalue weighted by Crippen LogP contribution is -2.37. The number of pyridine rings is 1. The first-order chi connectivity index (χ1) is 11.7. The van der Waals surface area contributed by atoms with E-state index < -0.39 is 35.7 Å². The second-order valence-corrected chi connectivity index (χ2v) is 4.96. The van der Waals surface area contributed by atoms with Crippen molar-refractivity contribution in [3.05, 3.63) is 64.1 Å². The number of alkyl halides is 3. The summed E-state index contributed by atoms with van der Waals surface area (Å²) in [6.07, 6.45) is -3.79. The molecule has 9 heteroatoms. The fourth-order valence-corrected chi connectivity index (χ4v) is 2.01. The Balaban J connectivity index is 2.10. The van der Waals surface area contributed by atoms with Gasteiger partial charge < -0.3 is 9.30 Å². The zero-order valence-electron chi connectivity index (χ0n) is 13.0. The molecule has 132 valence electrons. The third kappa shape index (κ3) is 4.46. The molecule has 0 atom stereocenters. The van der Waals surface area contributed by atoms with E-state index in [4.69, 9.17) is 4.74 Å². The number of carbonyl (C=O) groups excluding carboxylic acids is 2. The Bertz CT molecular complexity index is 842. The van der Waals surface area contributed by atoms with Crippen LogP contribution in [0.5, 0.6) is 5.75 Å². The molecule has 0 fully saturated rings. The van der Waals surface area contributed by atoms with E-state index in [1.54, 1.807) is 0 Å². The van der Waals surface area contributed by atoms with Gasteiger partial charge in [-0.1, -0.05) is 0 Å². The highest BCUT2D eigenvalue weighted by Crippen LogP contribution is 2.25. The fourth-order valence-electron chi connectivity index (χ4n) is 2.01. The Morgan fingerprint density at radius 3 is 2.36 bits per heavy atom. The Morgan fingerprint density at radius 2 is 1.80 bits per heavy atom. The molecule has 0 aliphatic rings. The van der Waals surface area contributed by atoms with Gasteiger partial charge in [0.1, 0.15) is 17.9 Å². The van der Waals surface area contributed by atoms with E-state index in [9.17, 15) is 27.6 Å². The third-order valence-electron chi connectivity index (χ3n) is 3.24. The first-order valence-corrected chi connectivity index (χ1v) is 6.97. The van der Waals surface area contributed by atoms with Crippen LogP contribution in [0.1, 0.15) is 15.9 Å². The molecule has 25 heavy (non-hydrogen) atoms. The van der Waals surface area contributed by atoms with Crippen molar-refractivity contribution in [1.82, 2.24) is 9.88 Å². The minimum atomic E-state index is -4.82. The van der Waals surface area contributed by atoms with Gasteiger partial charge in [0.05, 0.1) is 7.11 Å². The summed E-state index contributed by atoms with van der Waals surface area (Å²) in [5.74, 6) is -1.15. The number of hydrogen-bond acceptors (Lipinski definition) is 4. The predicted octanol–water partition coefficient (Wildman–Crippen LogP) is 1.83. The molecule has 0 radical (unpaired) electrons. The molecule has 0 spiro atoms. The van der Waals surface area contributed by atoms with Crippen LogP contribution in [0.4, 0.5) is 13.2 Å². The Hall–Kier alpha value is -3.10. The molecule has 2 aromatic rings. The minimum Gasteiger partial charge on any atom is -0.497 e. The molecule has 2 amide bonds. The molecule has 0 aliphatic carbocycles. The first kappa shape index (κ1) is 18.2. The lowest BCUT2D eigenvalue weighted by molar-refractivity contribution is -0.139. The van der Waals surface area contributed by atoms with Crippen molar-refractivity contribution in [1.29, 1.82) is 0 Å². The molecular formula is C16H13F3N2O4. The number of hydrogen-bond donors (Lipinski definition) is 1. The topological polar surface area (TPSA) is 77.4 Å². The normalized spacial score (nSPS) is 11.0. The summed E-state index contributed by atoms with van der Waals surface area (Å²) in [5.41, 5.74) is -2.59. The van der Waals surface area contributed by atoms with Gasteiger partial charge in [-0.2, -0.15) is 13.2 Å². The first-order valence-electron chi connectivity index (χ1n) is 6.97. The fraction of sp³-hybridized carbons (Fsp3) is 0.188. The monoisotopic (exact) mass is 354 g/mol. The molecule has 0 bridgehead atoms. The number of ether oxygens (including phenoxy) is 1. The van der Waals surface area contributed by atoms with Crippen molar-refractivity contribution < 1.29 is 27.5 Å². The molecule has 1 aromatic heterocycles. The summed E-state index contributed by atoms with van der Waals surface area (Å²) in [7, 11) is 1.45. The van der Waals surface area contributed by atoms with Crippen molar-refractivity contribution in [3.63, 3.8) is 0 Å². The van der Waals surface area contributed by atoms with Crippen LogP contribution in [-0.4, -0.2) is 23.5 Å². The standard InChI is InChI=1S/C16H13F3N2O4/c1-25-11-6-4-10(5-7-11)14(23)20-13(22)9-21-8-2-3-12(15(21)24)16(17,18)19/h2-8H,9H2,1H3,(H,20,22,23). The van der Waals surface area contributed by atoms with Gasteiger partial charge in [-0.3, -0.25) is 19.7 Å². The van der Waals surface area contributed by atoms with Crippen LogP contribution < -0.4 is 15.6 Å². The lowest BCUT2D eigenvalue weighted by Gasteiger charge is -2.10. The van der Waals surface area contributed by atoms with Crippen LogP contribution in [0.3, 0.4) is 0 Å². The second-order valence-electron chi connectivity index (χ2n) is 4.96. The second kappa shape index (κ2) is 7.20. The number of amides is 2. The Morgan fingerprint density at radius 1 is 1.16 bits per heavy atom. The van der Waals surface area contributed by atoms with Crippen molar-refractivity contribution in [2.45, 2.75) is 12.7 Å². The van der Waals surface area contributed by atoms with Gasteiger partial charge in [0.25, 0.3) is 11.5 Å². The van der Waals surface area contributed by atoms with E-state index in [2.05, 4.69) is 0 Å². The number of methoxy groups -OCH3 is 1. The van der Waals surface area contributed by atoms with Gasteiger partial charge in [0.2, 0.25) is 5.91 Å². The van der Waals surface area contributed by atoms with Gasteiger partial charge in [-0.15, -0.1) is 0 Å². The molecule has 0 saturated carbocycles. The summed E-state index contributed by atoms with van der Waals surface area (Å²) in [6, 6.07) is 7.48. The Kier molecular flexibility index (Phi) is 5.26. The zero-order valence-corrected chi connectivity index (χ0v) is 13.0. The maximum atomic E-state index is 12.7. The minimum absolute atomic E-state index is 0.158. The van der Waals surface area contributed by atoms with Crippen molar-refractivity contribution in [3.8, 4) is 5.75 Å². The number of nitrogens with zero attached hydrogens (tertiary/aromatic N) is 1.